The van der Waals surface area contributed by atoms with E-state index in [1.165, 1.54) is 6.07 Å². The van der Waals surface area contributed by atoms with Crippen LogP contribution in [-0.4, -0.2) is 14.5 Å². The van der Waals surface area contributed by atoms with Gasteiger partial charge in [-0.15, -0.1) is 0 Å². The quantitative estimate of drug-likeness (QED) is 0.929. The summed E-state index contributed by atoms with van der Waals surface area (Å²) in [4.78, 5) is 7.89. The van der Waals surface area contributed by atoms with E-state index in [4.69, 9.17) is 5.73 Å². The molecule has 2 heterocycles. The Morgan fingerprint density at radius 3 is 2.53 bits per heavy atom. The van der Waals surface area contributed by atoms with Gasteiger partial charge in [-0.1, -0.05) is 0 Å². The van der Waals surface area contributed by atoms with Crippen LogP contribution in [0.1, 0.15) is 23.1 Å². The van der Waals surface area contributed by atoms with Gasteiger partial charge in [0.1, 0.15) is 5.82 Å². The first-order valence-corrected chi connectivity index (χ1v) is 5.63. The van der Waals surface area contributed by atoms with Gasteiger partial charge in [0.05, 0.1) is 17.3 Å². The van der Waals surface area contributed by atoms with Crippen LogP contribution in [0, 0.1) is 0 Å². The van der Waals surface area contributed by atoms with Crippen LogP contribution in [0.15, 0.2) is 30.7 Å². The molecule has 0 saturated carbocycles. The predicted molar refractivity (Wildman–Crippen MR) is 63.1 cm³/mol. The van der Waals surface area contributed by atoms with Gasteiger partial charge in [0.2, 0.25) is 0 Å². The van der Waals surface area contributed by atoms with Crippen molar-refractivity contribution in [2.24, 2.45) is 12.8 Å². The Labute approximate surface area is 108 Å². The van der Waals surface area contributed by atoms with Crippen LogP contribution in [0.4, 0.5) is 13.2 Å². The number of nitrogens with zero attached hydrogens (tertiary/aromatic N) is 3. The molecule has 0 radical (unpaired) electrons. The minimum absolute atomic E-state index is 0.413. The molecule has 4 nitrogen and oxygen atoms in total. The molecule has 7 heteroatoms. The molecule has 0 amide bonds. The maximum atomic E-state index is 12.4. The molecule has 1 atom stereocenters. The van der Waals surface area contributed by atoms with Gasteiger partial charge in [-0.3, -0.25) is 4.98 Å². The smallest absolute Gasteiger partial charge is 0.338 e. The van der Waals surface area contributed by atoms with Crippen molar-refractivity contribution in [3.63, 3.8) is 0 Å². The first-order chi connectivity index (χ1) is 8.88. The lowest BCUT2D eigenvalue weighted by Gasteiger charge is -2.12. The number of nitrogens with two attached hydrogens (primary N) is 1. The van der Waals surface area contributed by atoms with E-state index < -0.39 is 17.8 Å². The molecule has 19 heavy (non-hydrogen) atoms. The Hall–Kier alpha value is -1.89. The first kappa shape index (κ1) is 13.5. The third-order valence-corrected chi connectivity index (χ3v) is 2.82. The highest BCUT2D eigenvalue weighted by Crippen LogP contribution is 2.28. The number of hydrogen-bond acceptors (Lipinski definition) is 3. The highest BCUT2D eigenvalue weighted by atomic mass is 19.4. The number of pyridine rings is 1. The molecule has 2 aromatic heterocycles. The fourth-order valence-electron chi connectivity index (χ4n) is 1.69. The molecule has 0 aromatic carbocycles. The van der Waals surface area contributed by atoms with E-state index >= 15 is 0 Å². The Bertz CT molecular complexity index is 545. The van der Waals surface area contributed by atoms with Gasteiger partial charge in [-0.2, -0.15) is 13.2 Å². The Kier molecular flexibility index (Phi) is 3.57. The number of rotatable bonds is 3. The topological polar surface area (TPSA) is 56.7 Å². The third-order valence-electron chi connectivity index (χ3n) is 2.82. The van der Waals surface area contributed by atoms with E-state index in [1.54, 1.807) is 12.4 Å². The van der Waals surface area contributed by atoms with E-state index in [9.17, 15) is 13.2 Å². The zero-order valence-electron chi connectivity index (χ0n) is 10.2. The van der Waals surface area contributed by atoms with Crippen LogP contribution in [-0.2, 0) is 19.6 Å². The van der Waals surface area contributed by atoms with Crippen molar-refractivity contribution < 1.29 is 13.2 Å². The summed E-state index contributed by atoms with van der Waals surface area (Å²) in [7, 11) is 1.83. The number of alkyl halides is 3. The second kappa shape index (κ2) is 5.00. The van der Waals surface area contributed by atoms with Gasteiger partial charge < -0.3 is 10.3 Å². The summed E-state index contributed by atoms with van der Waals surface area (Å²) < 4.78 is 39.0. The molecule has 2 aromatic rings. The monoisotopic (exact) mass is 270 g/mol. The van der Waals surface area contributed by atoms with Crippen molar-refractivity contribution in [1.82, 2.24) is 14.5 Å². The number of aryl methyl sites for hydroxylation is 1. The molecule has 0 bridgehead atoms. The molecule has 0 spiro atoms. The lowest BCUT2D eigenvalue weighted by atomic mass is 10.1. The molecule has 0 fully saturated rings. The van der Waals surface area contributed by atoms with Gasteiger partial charge in [0.15, 0.2) is 0 Å². The van der Waals surface area contributed by atoms with E-state index in [0.29, 0.717) is 12.1 Å². The maximum Gasteiger partial charge on any atom is 0.417 e. The molecule has 2 rings (SSSR count). The van der Waals surface area contributed by atoms with Crippen LogP contribution in [0.3, 0.4) is 0 Å². The first-order valence-electron chi connectivity index (χ1n) is 5.63. The number of halogens is 3. The van der Waals surface area contributed by atoms with E-state index in [2.05, 4.69) is 9.97 Å². The summed E-state index contributed by atoms with van der Waals surface area (Å²) in [5.74, 6) is 0.759. The van der Waals surface area contributed by atoms with Crippen molar-refractivity contribution in [2.45, 2.75) is 18.6 Å². The summed E-state index contributed by atoms with van der Waals surface area (Å²) >= 11 is 0. The number of hydrogen-bond donors (Lipinski definition) is 1. The third kappa shape index (κ3) is 3.11. The molecule has 0 aliphatic rings. The van der Waals surface area contributed by atoms with E-state index in [1.807, 2.05) is 11.6 Å². The standard InChI is InChI=1S/C12H13F3N4/c1-19-5-4-17-11(19)6-9(16)10-3-2-8(7-18-10)12(13,14)15/h2-5,7,9H,6,16H2,1H3. The van der Waals surface area contributed by atoms with Crippen LogP contribution in [0.25, 0.3) is 0 Å². The fourth-order valence-corrected chi connectivity index (χ4v) is 1.69. The summed E-state index contributed by atoms with van der Waals surface area (Å²) in [6.07, 6.45) is 0.259. The lowest BCUT2D eigenvalue weighted by molar-refractivity contribution is -0.137. The zero-order valence-corrected chi connectivity index (χ0v) is 10.2. The molecule has 0 saturated heterocycles. The van der Waals surface area contributed by atoms with Crippen molar-refractivity contribution in [3.05, 3.63) is 47.8 Å². The minimum Gasteiger partial charge on any atom is -0.338 e. The van der Waals surface area contributed by atoms with E-state index in [0.717, 1.165) is 18.1 Å². The normalized spacial score (nSPS) is 13.5. The maximum absolute atomic E-state index is 12.4. The Morgan fingerprint density at radius 2 is 2.05 bits per heavy atom. The highest BCUT2D eigenvalue weighted by Gasteiger charge is 2.30. The van der Waals surface area contributed by atoms with Crippen LogP contribution < -0.4 is 5.73 Å². The predicted octanol–water partition coefficient (Wildman–Crippen LogP) is 2.08. The molecule has 1 unspecified atom stereocenters. The van der Waals surface area contributed by atoms with Gasteiger partial charge in [0, 0.05) is 32.1 Å². The molecular formula is C12H13F3N4. The molecule has 102 valence electrons. The van der Waals surface area contributed by atoms with Crippen molar-refractivity contribution in [1.29, 1.82) is 0 Å². The van der Waals surface area contributed by atoms with Crippen LogP contribution in [0.2, 0.25) is 0 Å². The van der Waals surface area contributed by atoms with E-state index in [-0.39, 0.29) is 0 Å². The summed E-state index contributed by atoms with van der Waals surface area (Å²) in [6, 6.07) is 1.81. The Balaban J connectivity index is 2.12. The van der Waals surface area contributed by atoms with Gasteiger partial charge in [0.25, 0.3) is 0 Å². The van der Waals surface area contributed by atoms with Gasteiger partial charge >= 0.3 is 6.18 Å². The minimum atomic E-state index is -4.38. The second-order valence-electron chi connectivity index (χ2n) is 4.23. The summed E-state index contributed by atoms with van der Waals surface area (Å²) in [6.45, 7) is 0. The molecule has 0 aliphatic carbocycles. The van der Waals surface area contributed by atoms with Crippen LogP contribution >= 0.6 is 0 Å². The number of imidazole rings is 1. The second-order valence-corrected chi connectivity index (χ2v) is 4.23. The van der Waals surface area contributed by atoms with Crippen molar-refractivity contribution >= 4 is 0 Å². The molecule has 0 aliphatic heterocycles. The number of aromatic nitrogens is 3. The largest absolute Gasteiger partial charge is 0.417 e. The molecular weight excluding hydrogens is 257 g/mol. The average molecular weight is 270 g/mol. The SMILES string of the molecule is Cn1ccnc1CC(N)c1ccc(C(F)(F)F)cn1. The zero-order chi connectivity index (χ0) is 14.0. The summed E-state index contributed by atoms with van der Waals surface area (Å²) in [5.41, 5.74) is 5.55. The molecule has 2 N–H and O–H groups in total. The lowest BCUT2D eigenvalue weighted by Crippen LogP contribution is -2.17. The van der Waals surface area contributed by atoms with Gasteiger partial charge in [-0.25, -0.2) is 4.98 Å². The van der Waals surface area contributed by atoms with Gasteiger partial charge in [-0.05, 0) is 12.1 Å². The Morgan fingerprint density at radius 1 is 1.32 bits per heavy atom. The van der Waals surface area contributed by atoms with Crippen molar-refractivity contribution in [2.75, 3.05) is 0 Å². The van der Waals surface area contributed by atoms with Crippen molar-refractivity contribution in [3.8, 4) is 0 Å². The average Bonchev–Trinajstić information content (AvgIpc) is 2.74. The highest BCUT2D eigenvalue weighted by molar-refractivity contribution is 5.19. The fraction of sp³-hybridized carbons (Fsp3) is 0.333. The summed E-state index contributed by atoms with van der Waals surface area (Å²) in [5, 5.41) is 0. The van der Waals surface area contributed by atoms with Crippen LogP contribution in [0.5, 0.6) is 0 Å².